The monoisotopic (exact) mass is 260 g/mol. The molecule has 0 fully saturated rings. The zero-order chi connectivity index (χ0) is 13.8. The van der Waals surface area contributed by atoms with Gasteiger partial charge in [-0.2, -0.15) is 5.10 Å². The molecule has 2 aromatic heterocycles. The molecule has 5 nitrogen and oxygen atoms in total. The Labute approximate surface area is 113 Å². The fourth-order valence-corrected chi connectivity index (χ4v) is 1.91. The van der Waals surface area contributed by atoms with E-state index in [0.29, 0.717) is 12.2 Å². The Hall–Kier alpha value is -1.88. The van der Waals surface area contributed by atoms with E-state index < -0.39 is 0 Å². The summed E-state index contributed by atoms with van der Waals surface area (Å²) in [7, 11) is 0. The smallest absolute Gasteiger partial charge is 0.138 e. The van der Waals surface area contributed by atoms with Crippen molar-refractivity contribution < 1.29 is 5.11 Å². The van der Waals surface area contributed by atoms with Crippen LogP contribution >= 0.6 is 0 Å². The Morgan fingerprint density at radius 2 is 2.16 bits per heavy atom. The predicted molar refractivity (Wildman–Crippen MR) is 73.9 cm³/mol. The Morgan fingerprint density at radius 3 is 2.84 bits per heavy atom. The van der Waals surface area contributed by atoms with Gasteiger partial charge in [0.1, 0.15) is 5.75 Å². The minimum absolute atomic E-state index is 0.224. The maximum absolute atomic E-state index is 9.75. The van der Waals surface area contributed by atoms with Gasteiger partial charge in [0.15, 0.2) is 0 Å². The lowest BCUT2D eigenvalue weighted by Crippen LogP contribution is -2.33. The van der Waals surface area contributed by atoms with Crippen LogP contribution in [-0.2, 0) is 6.54 Å². The summed E-state index contributed by atoms with van der Waals surface area (Å²) in [5.74, 6) is 0.233. The first-order valence-electron chi connectivity index (χ1n) is 6.46. The molecule has 2 rings (SSSR count). The Bertz CT molecular complexity index is 524. The number of aryl methyl sites for hydroxylation is 1. The molecular formula is C14H20N4O. The third-order valence-electron chi connectivity index (χ3n) is 3.35. The number of rotatable bonds is 5. The highest BCUT2D eigenvalue weighted by Gasteiger charge is 2.14. The number of hydrogen-bond acceptors (Lipinski definition) is 4. The molecule has 5 heteroatoms. The second-order valence-electron chi connectivity index (χ2n) is 4.81. The van der Waals surface area contributed by atoms with E-state index in [9.17, 15) is 5.11 Å². The summed E-state index contributed by atoms with van der Waals surface area (Å²) in [6.45, 7) is 6.66. The van der Waals surface area contributed by atoms with Crippen molar-refractivity contribution >= 4 is 0 Å². The maximum Gasteiger partial charge on any atom is 0.138 e. The second kappa shape index (κ2) is 5.84. The van der Waals surface area contributed by atoms with Gasteiger partial charge >= 0.3 is 0 Å². The summed E-state index contributed by atoms with van der Waals surface area (Å²) in [5, 5.41) is 17.4. The Balaban J connectivity index is 1.96. The zero-order valence-electron chi connectivity index (χ0n) is 11.5. The fourth-order valence-electron chi connectivity index (χ4n) is 1.91. The fraction of sp³-hybridized carbons (Fsp3) is 0.429. The first kappa shape index (κ1) is 13.5. The van der Waals surface area contributed by atoms with Gasteiger partial charge in [0.05, 0.1) is 11.7 Å². The van der Waals surface area contributed by atoms with Crippen LogP contribution in [0.4, 0.5) is 0 Å². The standard InChI is InChI=1S/C14H20N4O/c1-10-5-6-14(19)13(17-10)9-15-11(2)12(3)18-8-4-7-16-18/h4-8,11-12,15,19H,9H2,1-3H3/t11-,12-/m0/s1. The topological polar surface area (TPSA) is 63.0 Å². The molecule has 2 atom stereocenters. The van der Waals surface area contributed by atoms with E-state index in [1.54, 1.807) is 18.3 Å². The van der Waals surface area contributed by atoms with E-state index in [1.165, 1.54) is 0 Å². The molecule has 0 unspecified atom stereocenters. The summed E-state index contributed by atoms with van der Waals surface area (Å²) in [5.41, 5.74) is 1.59. The van der Waals surface area contributed by atoms with Crippen LogP contribution in [0, 0.1) is 6.92 Å². The third kappa shape index (κ3) is 3.32. The van der Waals surface area contributed by atoms with Gasteiger partial charge in [0.2, 0.25) is 0 Å². The van der Waals surface area contributed by atoms with Crippen molar-refractivity contribution in [3.05, 3.63) is 42.0 Å². The molecule has 0 spiro atoms. The molecule has 0 aliphatic heterocycles. The van der Waals surface area contributed by atoms with Crippen molar-refractivity contribution in [2.75, 3.05) is 0 Å². The van der Waals surface area contributed by atoms with Crippen molar-refractivity contribution in [3.8, 4) is 5.75 Å². The van der Waals surface area contributed by atoms with Gasteiger partial charge in [-0.3, -0.25) is 9.67 Å². The van der Waals surface area contributed by atoms with Crippen LogP contribution in [0.2, 0.25) is 0 Å². The number of hydrogen-bond donors (Lipinski definition) is 2. The number of aromatic nitrogens is 3. The first-order chi connectivity index (χ1) is 9.08. The largest absolute Gasteiger partial charge is 0.506 e. The lowest BCUT2D eigenvalue weighted by Gasteiger charge is -2.21. The predicted octanol–water partition coefficient (Wildman–Crippen LogP) is 2.03. The van der Waals surface area contributed by atoms with Crippen LogP contribution in [0.5, 0.6) is 5.75 Å². The summed E-state index contributed by atoms with van der Waals surface area (Å²) < 4.78 is 1.92. The summed E-state index contributed by atoms with van der Waals surface area (Å²) in [6.07, 6.45) is 3.72. The highest BCUT2D eigenvalue weighted by molar-refractivity contribution is 5.27. The van der Waals surface area contributed by atoms with Gasteiger partial charge < -0.3 is 10.4 Å². The van der Waals surface area contributed by atoms with Crippen LogP contribution in [0.15, 0.2) is 30.6 Å². The van der Waals surface area contributed by atoms with Gasteiger partial charge in [-0.05, 0) is 39.0 Å². The van der Waals surface area contributed by atoms with Gasteiger partial charge in [-0.1, -0.05) is 0 Å². The molecule has 0 bridgehead atoms. The van der Waals surface area contributed by atoms with E-state index in [-0.39, 0.29) is 17.8 Å². The molecular weight excluding hydrogens is 240 g/mol. The molecule has 0 aliphatic rings. The average molecular weight is 260 g/mol. The minimum Gasteiger partial charge on any atom is -0.506 e. The molecule has 2 N–H and O–H groups in total. The molecule has 0 saturated carbocycles. The Morgan fingerprint density at radius 1 is 1.37 bits per heavy atom. The lowest BCUT2D eigenvalue weighted by atomic mass is 10.1. The maximum atomic E-state index is 9.75. The van der Waals surface area contributed by atoms with Crippen molar-refractivity contribution in [2.24, 2.45) is 0 Å². The van der Waals surface area contributed by atoms with Crippen molar-refractivity contribution in [1.82, 2.24) is 20.1 Å². The molecule has 0 saturated heterocycles. The molecule has 19 heavy (non-hydrogen) atoms. The van der Waals surface area contributed by atoms with Gasteiger partial charge in [0, 0.05) is 30.7 Å². The number of pyridine rings is 1. The summed E-state index contributed by atoms with van der Waals surface area (Å²) in [6, 6.07) is 5.86. The summed E-state index contributed by atoms with van der Waals surface area (Å²) in [4.78, 5) is 4.33. The first-order valence-corrected chi connectivity index (χ1v) is 6.46. The average Bonchev–Trinajstić information content (AvgIpc) is 2.92. The van der Waals surface area contributed by atoms with E-state index in [2.05, 4.69) is 29.2 Å². The Kier molecular flexibility index (Phi) is 4.16. The van der Waals surface area contributed by atoms with Crippen LogP contribution in [0.3, 0.4) is 0 Å². The highest BCUT2D eigenvalue weighted by Crippen LogP contribution is 2.16. The highest BCUT2D eigenvalue weighted by atomic mass is 16.3. The van der Waals surface area contributed by atoms with Gasteiger partial charge in [-0.15, -0.1) is 0 Å². The lowest BCUT2D eigenvalue weighted by molar-refractivity contribution is 0.360. The summed E-state index contributed by atoms with van der Waals surface area (Å²) >= 11 is 0. The van der Waals surface area contributed by atoms with Crippen molar-refractivity contribution in [1.29, 1.82) is 0 Å². The molecule has 0 amide bonds. The van der Waals surface area contributed by atoms with Crippen LogP contribution < -0.4 is 5.32 Å². The zero-order valence-corrected chi connectivity index (χ0v) is 11.5. The number of aromatic hydroxyl groups is 1. The molecule has 0 aromatic carbocycles. The van der Waals surface area contributed by atoms with E-state index in [0.717, 1.165) is 5.69 Å². The van der Waals surface area contributed by atoms with E-state index in [4.69, 9.17) is 0 Å². The molecule has 2 aromatic rings. The van der Waals surface area contributed by atoms with Crippen LogP contribution in [-0.4, -0.2) is 25.9 Å². The van der Waals surface area contributed by atoms with Gasteiger partial charge in [-0.25, -0.2) is 0 Å². The number of nitrogens with one attached hydrogen (secondary N) is 1. The number of nitrogens with zero attached hydrogens (tertiary/aromatic N) is 3. The normalized spacial score (nSPS) is 14.3. The van der Waals surface area contributed by atoms with Crippen LogP contribution in [0.1, 0.15) is 31.3 Å². The van der Waals surface area contributed by atoms with Crippen LogP contribution in [0.25, 0.3) is 0 Å². The van der Waals surface area contributed by atoms with Crippen molar-refractivity contribution in [2.45, 2.75) is 39.4 Å². The van der Waals surface area contributed by atoms with E-state index >= 15 is 0 Å². The molecule has 2 heterocycles. The van der Waals surface area contributed by atoms with E-state index in [1.807, 2.05) is 23.9 Å². The van der Waals surface area contributed by atoms with Gasteiger partial charge in [0.25, 0.3) is 0 Å². The second-order valence-corrected chi connectivity index (χ2v) is 4.81. The minimum atomic E-state index is 0.224. The third-order valence-corrected chi connectivity index (χ3v) is 3.35. The quantitative estimate of drug-likeness (QED) is 0.863. The molecule has 0 aliphatic carbocycles. The SMILES string of the molecule is Cc1ccc(O)c(CN[C@@H](C)[C@H](C)n2cccn2)n1. The molecule has 0 radical (unpaired) electrons. The molecule has 102 valence electrons. The van der Waals surface area contributed by atoms with Crippen molar-refractivity contribution in [3.63, 3.8) is 0 Å².